The van der Waals surface area contributed by atoms with Crippen LogP contribution in [0, 0.1) is 26.2 Å². The van der Waals surface area contributed by atoms with Gasteiger partial charge in [0.1, 0.15) is 5.75 Å². The first-order chi connectivity index (χ1) is 18.3. The Hall–Kier alpha value is -4.63. The summed E-state index contributed by atoms with van der Waals surface area (Å²) in [5.74, 6) is 4.26. The Balaban J connectivity index is 1.79. The van der Waals surface area contributed by atoms with E-state index in [-0.39, 0.29) is 11.5 Å². The number of hydrogen-bond acceptors (Lipinski definition) is 4. The maximum absolute atomic E-state index is 13.8. The summed E-state index contributed by atoms with van der Waals surface area (Å²) in [5.41, 5.74) is 6.14. The monoisotopic (exact) mass is 502 g/mol. The first-order valence-electron chi connectivity index (χ1n) is 12.6. The fraction of sp³-hybridized carbons (Fsp3) is 0.219. The van der Waals surface area contributed by atoms with Crippen molar-refractivity contribution in [2.75, 3.05) is 7.11 Å². The Labute approximate surface area is 222 Å². The van der Waals surface area contributed by atoms with Gasteiger partial charge in [-0.15, -0.1) is 6.42 Å². The molecule has 38 heavy (non-hydrogen) atoms. The summed E-state index contributed by atoms with van der Waals surface area (Å²) in [4.78, 5) is 18.7. The highest BCUT2D eigenvalue weighted by Gasteiger charge is 2.19. The number of hydrogen-bond donors (Lipinski definition) is 0. The van der Waals surface area contributed by atoms with Gasteiger partial charge < -0.3 is 9.30 Å². The molecular formula is C32H30N4O2. The van der Waals surface area contributed by atoms with E-state index in [0.717, 1.165) is 44.6 Å². The number of nitrogens with zero attached hydrogens (tertiary/aromatic N) is 4. The molecule has 190 valence electrons. The van der Waals surface area contributed by atoms with Crippen LogP contribution in [0.3, 0.4) is 0 Å². The van der Waals surface area contributed by atoms with Gasteiger partial charge in [-0.2, -0.15) is 9.78 Å². The molecule has 0 radical (unpaired) electrons. The van der Waals surface area contributed by atoms with Crippen molar-refractivity contribution in [2.24, 2.45) is 5.10 Å². The third kappa shape index (κ3) is 4.16. The molecule has 0 aliphatic heterocycles. The molecule has 2 aromatic heterocycles. The zero-order chi connectivity index (χ0) is 27.0. The van der Waals surface area contributed by atoms with Gasteiger partial charge in [-0.3, -0.25) is 4.79 Å². The van der Waals surface area contributed by atoms with Gasteiger partial charge >= 0.3 is 0 Å². The molecule has 0 fully saturated rings. The largest absolute Gasteiger partial charge is 0.496 e. The minimum Gasteiger partial charge on any atom is -0.496 e. The van der Waals surface area contributed by atoms with Crippen LogP contribution in [0.4, 0.5) is 0 Å². The molecule has 6 nitrogen and oxygen atoms in total. The molecule has 0 aliphatic rings. The summed E-state index contributed by atoms with van der Waals surface area (Å²) in [7, 11) is 1.67. The summed E-state index contributed by atoms with van der Waals surface area (Å²) < 4.78 is 9.14. The molecule has 0 bridgehead atoms. The highest BCUT2D eigenvalue weighted by molar-refractivity contribution is 6.01. The van der Waals surface area contributed by atoms with Crippen LogP contribution in [0.2, 0.25) is 0 Å². The standard InChI is InChI=1S/C32H30N4O2/c1-7-16-35-22(5)27(23-12-9-11-15-29(23)35)19-33-36-31(34-28-14-10-8-13-24(28)32(36)37)26-18-25(20(2)3)30(38-6)17-21(26)4/h1,8-15,17-20H,16H2,2-6H3. The van der Waals surface area contributed by atoms with Gasteiger partial charge in [-0.05, 0) is 61.2 Å². The van der Waals surface area contributed by atoms with E-state index in [4.69, 9.17) is 21.2 Å². The first-order valence-corrected chi connectivity index (χ1v) is 12.6. The van der Waals surface area contributed by atoms with E-state index in [1.54, 1.807) is 19.4 Å². The van der Waals surface area contributed by atoms with Crippen molar-refractivity contribution in [3.8, 4) is 29.5 Å². The Morgan fingerprint density at radius 1 is 1.08 bits per heavy atom. The van der Waals surface area contributed by atoms with Crippen molar-refractivity contribution >= 4 is 28.0 Å². The van der Waals surface area contributed by atoms with E-state index in [2.05, 4.69) is 30.4 Å². The number of fused-ring (bicyclic) bond motifs is 2. The maximum Gasteiger partial charge on any atom is 0.282 e. The summed E-state index contributed by atoms with van der Waals surface area (Å²) in [6.07, 6.45) is 7.40. The maximum atomic E-state index is 13.8. The molecule has 3 aromatic carbocycles. The van der Waals surface area contributed by atoms with Crippen LogP contribution in [0.15, 0.2) is 70.6 Å². The third-order valence-electron chi connectivity index (χ3n) is 7.02. The smallest absolute Gasteiger partial charge is 0.282 e. The Morgan fingerprint density at radius 2 is 1.79 bits per heavy atom. The van der Waals surface area contributed by atoms with Crippen LogP contribution < -0.4 is 10.3 Å². The number of aromatic nitrogens is 3. The molecule has 5 rings (SSSR count). The molecular weight excluding hydrogens is 472 g/mol. The van der Waals surface area contributed by atoms with Crippen molar-refractivity contribution in [1.82, 2.24) is 14.2 Å². The van der Waals surface area contributed by atoms with Crippen LogP contribution >= 0.6 is 0 Å². The molecule has 0 saturated heterocycles. The van der Waals surface area contributed by atoms with Crippen LogP contribution in [0.25, 0.3) is 33.2 Å². The first kappa shape index (κ1) is 25.0. The summed E-state index contributed by atoms with van der Waals surface area (Å²) in [6.45, 7) is 8.69. The minimum absolute atomic E-state index is 0.221. The summed E-state index contributed by atoms with van der Waals surface area (Å²) in [6, 6.07) is 19.5. The number of methoxy groups -OCH3 is 1. The number of rotatable bonds is 6. The quantitative estimate of drug-likeness (QED) is 0.203. The van der Waals surface area contributed by atoms with Crippen molar-refractivity contribution in [1.29, 1.82) is 0 Å². The van der Waals surface area contributed by atoms with E-state index in [9.17, 15) is 4.79 Å². The van der Waals surface area contributed by atoms with Crippen LogP contribution in [0.1, 0.15) is 42.1 Å². The molecule has 0 unspecified atom stereocenters. The van der Waals surface area contributed by atoms with Crippen molar-refractivity contribution < 1.29 is 4.74 Å². The second kappa shape index (κ2) is 10.0. The number of aryl methyl sites for hydroxylation is 1. The molecule has 0 saturated carbocycles. The topological polar surface area (TPSA) is 61.4 Å². The van der Waals surface area contributed by atoms with Gasteiger partial charge in [0.2, 0.25) is 0 Å². The van der Waals surface area contributed by atoms with Crippen LogP contribution in [-0.4, -0.2) is 27.6 Å². The van der Waals surface area contributed by atoms with Gasteiger partial charge in [0.25, 0.3) is 5.56 Å². The fourth-order valence-corrected chi connectivity index (χ4v) is 5.00. The number of ether oxygens (including phenoxy) is 1. The molecule has 6 heteroatoms. The van der Waals surface area contributed by atoms with Crippen molar-refractivity contribution in [3.05, 3.63) is 93.4 Å². The zero-order valence-electron chi connectivity index (χ0n) is 22.3. The molecule has 2 heterocycles. The van der Waals surface area contributed by atoms with Crippen molar-refractivity contribution in [3.63, 3.8) is 0 Å². The van der Waals surface area contributed by atoms with Gasteiger partial charge in [0, 0.05) is 27.7 Å². The molecule has 0 amide bonds. The molecule has 0 spiro atoms. The molecule has 0 N–H and O–H groups in total. The lowest BCUT2D eigenvalue weighted by Crippen LogP contribution is -2.21. The highest BCUT2D eigenvalue weighted by Crippen LogP contribution is 2.34. The minimum atomic E-state index is -0.229. The lowest BCUT2D eigenvalue weighted by molar-refractivity contribution is 0.407. The molecule has 0 atom stereocenters. The Morgan fingerprint density at radius 3 is 2.50 bits per heavy atom. The van der Waals surface area contributed by atoms with E-state index >= 15 is 0 Å². The number of terminal acetylenes is 1. The lowest BCUT2D eigenvalue weighted by atomic mass is 9.96. The molecule has 0 aliphatic carbocycles. The van der Waals surface area contributed by atoms with E-state index in [1.807, 2.05) is 62.4 Å². The molecule has 5 aromatic rings. The predicted octanol–water partition coefficient (Wildman–Crippen LogP) is 6.28. The van der Waals surface area contributed by atoms with Gasteiger partial charge in [-0.25, -0.2) is 4.98 Å². The number of benzene rings is 3. The van der Waals surface area contributed by atoms with Gasteiger partial charge in [0.15, 0.2) is 5.82 Å². The van der Waals surface area contributed by atoms with Gasteiger partial charge in [-0.1, -0.05) is 50.1 Å². The second-order valence-electron chi connectivity index (χ2n) is 9.68. The van der Waals surface area contributed by atoms with E-state index in [1.165, 1.54) is 4.68 Å². The van der Waals surface area contributed by atoms with E-state index in [0.29, 0.717) is 23.3 Å². The lowest BCUT2D eigenvalue weighted by Gasteiger charge is -2.17. The fourth-order valence-electron chi connectivity index (χ4n) is 5.00. The summed E-state index contributed by atoms with van der Waals surface area (Å²) in [5, 5.41) is 6.30. The average Bonchev–Trinajstić information content (AvgIpc) is 3.18. The van der Waals surface area contributed by atoms with Crippen LogP contribution in [0.5, 0.6) is 5.75 Å². The Kier molecular flexibility index (Phi) is 6.61. The zero-order valence-corrected chi connectivity index (χ0v) is 22.3. The highest BCUT2D eigenvalue weighted by atomic mass is 16.5. The van der Waals surface area contributed by atoms with Crippen LogP contribution in [-0.2, 0) is 6.54 Å². The van der Waals surface area contributed by atoms with Gasteiger partial charge in [0.05, 0.1) is 30.8 Å². The SMILES string of the molecule is C#CCn1c(C)c(C=Nn2c(-c3cc(C(C)C)c(OC)cc3C)nc3ccccc3c2=O)c2ccccc21. The normalized spacial score (nSPS) is 11.6. The average molecular weight is 503 g/mol. The predicted molar refractivity (Wildman–Crippen MR) is 155 cm³/mol. The third-order valence-corrected chi connectivity index (χ3v) is 7.02. The number of para-hydroxylation sites is 2. The summed E-state index contributed by atoms with van der Waals surface area (Å²) >= 11 is 0. The second-order valence-corrected chi connectivity index (χ2v) is 9.68. The Bertz CT molecular complexity index is 1820. The van der Waals surface area contributed by atoms with Crippen molar-refractivity contribution in [2.45, 2.75) is 40.2 Å². The van der Waals surface area contributed by atoms with E-state index < -0.39 is 0 Å².